The number of ether oxygens (including phenoxy) is 1. The SMILES string of the molecule is COc1ccc(NC(=O)C2CCCNC2)cc1O. The van der Waals surface area contributed by atoms with Gasteiger partial charge in [0.2, 0.25) is 5.91 Å². The van der Waals surface area contributed by atoms with E-state index >= 15 is 0 Å². The molecule has 18 heavy (non-hydrogen) atoms. The van der Waals surface area contributed by atoms with Gasteiger partial charge >= 0.3 is 0 Å². The van der Waals surface area contributed by atoms with Crippen molar-refractivity contribution >= 4 is 11.6 Å². The second-order valence-electron chi connectivity index (χ2n) is 4.42. The number of hydrogen-bond donors (Lipinski definition) is 3. The molecule has 1 aromatic rings. The summed E-state index contributed by atoms with van der Waals surface area (Å²) >= 11 is 0. The van der Waals surface area contributed by atoms with E-state index in [0.29, 0.717) is 18.0 Å². The maximum Gasteiger partial charge on any atom is 0.228 e. The Morgan fingerprint density at radius 3 is 3.00 bits per heavy atom. The molecule has 0 saturated carbocycles. The summed E-state index contributed by atoms with van der Waals surface area (Å²) in [5, 5.41) is 15.6. The Kier molecular flexibility index (Phi) is 4.04. The third kappa shape index (κ3) is 2.92. The van der Waals surface area contributed by atoms with Gasteiger partial charge in [-0.05, 0) is 31.5 Å². The summed E-state index contributed by atoms with van der Waals surface area (Å²) in [6.45, 7) is 1.70. The summed E-state index contributed by atoms with van der Waals surface area (Å²) in [6, 6.07) is 4.84. The van der Waals surface area contributed by atoms with E-state index in [9.17, 15) is 9.90 Å². The Balaban J connectivity index is 2.00. The summed E-state index contributed by atoms with van der Waals surface area (Å²) in [5.74, 6) is 0.416. The van der Waals surface area contributed by atoms with Gasteiger partial charge in [0.25, 0.3) is 0 Å². The number of hydrogen-bond acceptors (Lipinski definition) is 4. The standard InChI is InChI=1S/C13H18N2O3/c1-18-12-5-4-10(7-11(12)16)15-13(17)9-3-2-6-14-8-9/h4-5,7,9,14,16H,2-3,6,8H2,1H3,(H,15,17). The molecule has 0 radical (unpaired) electrons. The highest BCUT2D eigenvalue weighted by atomic mass is 16.5. The highest BCUT2D eigenvalue weighted by molar-refractivity contribution is 5.93. The van der Waals surface area contributed by atoms with E-state index in [1.807, 2.05) is 0 Å². The first kappa shape index (κ1) is 12.7. The maximum atomic E-state index is 12.0. The summed E-state index contributed by atoms with van der Waals surface area (Å²) in [6.07, 6.45) is 1.92. The van der Waals surface area contributed by atoms with Crippen molar-refractivity contribution in [2.24, 2.45) is 5.92 Å². The largest absolute Gasteiger partial charge is 0.504 e. The second-order valence-corrected chi connectivity index (χ2v) is 4.42. The smallest absolute Gasteiger partial charge is 0.228 e. The molecule has 5 nitrogen and oxygen atoms in total. The molecule has 0 aliphatic carbocycles. The molecule has 1 aliphatic heterocycles. The number of phenolic OH excluding ortho intramolecular Hbond substituents is 1. The van der Waals surface area contributed by atoms with E-state index in [1.54, 1.807) is 12.1 Å². The number of nitrogens with one attached hydrogen (secondary N) is 2. The van der Waals surface area contributed by atoms with Crippen molar-refractivity contribution in [1.82, 2.24) is 5.32 Å². The fourth-order valence-electron chi connectivity index (χ4n) is 2.09. The van der Waals surface area contributed by atoms with Crippen LogP contribution < -0.4 is 15.4 Å². The van der Waals surface area contributed by atoms with Crippen LogP contribution in [0.1, 0.15) is 12.8 Å². The Bertz CT molecular complexity index is 428. The van der Waals surface area contributed by atoms with E-state index in [4.69, 9.17) is 4.74 Å². The molecule has 1 atom stereocenters. The number of anilines is 1. The average Bonchev–Trinajstić information content (AvgIpc) is 2.40. The molecular weight excluding hydrogens is 232 g/mol. The summed E-state index contributed by atoms with van der Waals surface area (Å²) in [5.41, 5.74) is 0.587. The van der Waals surface area contributed by atoms with Crippen molar-refractivity contribution in [3.05, 3.63) is 18.2 Å². The molecule has 98 valence electrons. The molecule has 3 N–H and O–H groups in total. The fraction of sp³-hybridized carbons (Fsp3) is 0.462. The van der Waals surface area contributed by atoms with Gasteiger partial charge < -0.3 is 20.5 Å². The van der Waals surface area contributed by atoms with Crippen LogP contribution in [0.4, 0.5) is 5.69 Å². The lowest BCUT2D eigenvalue weighted by Gasteiger charge is -2.22. The van der Waals surface area contributed by atoms with Gasteiger partial charge in [0, 0.05) is 18.3 Å². The topological polar surface area (TPSA) is 70.6 Å². The van der Waals surface area contributed by atoms with E-state index in [0.717, 1.165) is 19.4 Å². The highest BCUT2D eigenvalue weighted by Gasteiger charge is 2.21. The maximum absolute atomic E-state index is 12.0. The van der Waals surface area contributed by atoms with Gasteiger partial charge in [0.15, 0.2) is 11.5 Å². The normalized spacial score (nSPS) is 19.3. The monoisotopic (exact) mass is 250 g/mol. The van der Waals surface area contributed by atoms with Crippen LogP contribution in [0.2, 0.25) is 0 Å². The third-order valence-electron chi connectivity index (χ3n) is 3.11. The molecule has 1 saturated heterocycles. The molecular formula is C13H18N2O3. The van der Waals surface area contributed by atoms with Crippen molar-refractivity contribution in [2.75, 3.05) is 25.5 Å². The van der Waals surface area contributed by atoms with Crippen molar-refractivity contribution < 1.29 is 14.6 Å². The highest BCUT2D eigenvalue weighted by Crippen LogP contribution is 2.28. The predicted octanol–water partition coefficient (Wildman–Crippen LogP) is 1.34. The zero-order chi connectivity index (χ0) is 13.0. The quantitative estimate of drug-likeness (QED) is 0.757. The lowest BCUT2D eigenvalue weighted by molar-refractivity contribution is -0.120. The van der Waals surface area contributed by atoms with Crippen LogP contribution in [0.25, 0.3) is 0 Å². The van der Waals surface area contributed by atoms with Crippen LogP contribution in [0, 0.1) is 5.92 Å². The molecule has 2 rings (SSSR count). The Hall–Kier alpha value is -1.75. The van der Waals surface area contributed by atoms with Crippen LogP contribution in [-0.2, 0) is 4.79 Å². The number of benzene rings is 1. The van der Waals surface area contributed by atoms with Crippen molar-refractivity contribution in [1.29, 1.82) is 0 Å². The molecule has 1 fully saturated rings. The first-order chi connectivity index (χ1) is 8.70. The van der Waals surface area contributed by atoms with Crippen LogP contribution in [0.5, 0.6) is 11.5 Å². The van der Waals surface area contributed by atoms with Gasteiger partial charge in [-0.25, -0.2) is 0 Å². The minimum absolute atomic E-state index is 0.00277. The first-order valence-electron chi connectivity index (χ1n) is 6.09. The zero-order valence-electron chi connectivity index (χ0n) is 10.4. The number of rotatable bonds is 3. The molecule has 0 aromatic heterocycles. The first-order valence-corrected chi connectivity index (χ1v) is 6.09. The predicted molar refractivity (Wildman–Crippen MR) is 68.9 cm³/mol. The van der Waals surface area contributed by atoms with Crippen LogP contribution in [0.15, 0.2) is 18.2 Å². The average molecular weight is 250 g/mol. The number of carbonyl (C=O) groups is 1. The van der Waals surface area contributed by atoms with Gasteiger partial charge in [-0.3, -0.25) is 4.79 Å². The van der Waals surface area contributed by atoms with Crippen LogP contribution >= 0.6 is 0 Å². The van der Waals surface area contributed by atoms with Crippen LogP contribution in [0.3, 0.4) is 0 Å². The Labute approximate surface area is 106 Å². The number of amides is 1. The van der Waals surface area contributed by atoms with Crippen molar-refractivity contribution in [3.63, 3.8) is 0 Å². The van der Waals surface area contributed by atoms with E-state index in [1.165, 1.54) is 13.2 Å². The minimum Gasteiger partial charge on any atom is -0.504 e. The van der Waals surface area contributed by atoms with Gasteiger partial charge in [-0.1, -0.05) is 0 Å². The van der Waals surface area contributed by atoms with Gasteiger partial charge in [0.1, 0.15) is 0 Å². The van der Waals surface area contributed by atoms with Crippen molar-refractivity contribution in [3.8, 4) is 11.5 Å². The van der Waals surface area contributed by atoms with Gasteiger partial charge in [0.05, 0.1) is 13.0 Å². The van der Waals surface area contributed by atoms with Crippen LogP contribution in [-0.4, -0.2) is 31.2 Å². The van der Waals surface area contributed by atoms with Gasteiger partial charge in [-0.2, -0.15) is 0 Å². The molecule has 0 spiro atoms. The molecule has 1 unspecified atom stereocenters. The fourth-order valence-corrected chi connectivity index (χ4v) is 2.09. The summed E-state index contributed by atoms with van der Waals surface area (Å²) in [7, 11) is 1.49. The third-order valence-corrected chi connectivity index (χ3v) is 3.11. The number of aromatic hydroxyl groups is 1. The summed E-state index contributed by atoms with van der Waals surface area (Å²) < 4.78 is 4.95. The Morgan fingerprint density at radius 2 is 2.39 bits per heavy atom. The van der Waals surface area contributed by atoms with Crippen molar-refractivity contribution in [2.45, 2.75) is 12.8 Å². The zero-order valence-corrected chi connectivity index (χ0v) is 10.4. The lowest BCUT2D eigenvalue weighted by atomic mass is 9.99. The lowest BCUT2D eigenvalue weighted by Crippen LogP contribution is -2.37. The molecule has 1 heterocycles. The molecule has 1 amide bonds. The molecule has 0 bridgehead atoms. The number of piperidine rings is 1. The molecule has 5 heteroatoms. The minimum atomic E-state index is -0.00762. The molecule has 1 aliphatic rings. The van der Waals surface area contributed by atoms with E-state index in [2.05, 4.69) is 10.6 Å². The van der Waals surface area contributed by atoms with E-state index in [-0.39, 0.29) is 17.6 Å². The Morgan fingerprint density at radius 1 is 1.56 bits per heavy atom. The number of phenols is 1. The summed E-state index contributed by atoms with van der Waals surface area (Å²) in [4.78, 5) is 12.0. The molecule has 1 aromatic carbocycles. The van der Waals surface area contributed by atoms with Gasteiger partial charge in [-0.15, -0.1) is 0 Å². The number of carbonyl (C=O) groups excluding carboxylic acids is 1. The second kappa shape index (κ2) is 5.73. The van der Waals surface area contributed by atoms with E-state index < -0.39 is 0 Å². The number of methoxy groups -OCH3 is 1.